The van der Waals surface area contributed by atoms with Gasteiger partial charge in [-0.3, -0.25) is 4.90 Å². The van der Waals surface area contributed by atoms with E-state index in [4.69, 9.17) is 0 Å². The van der Waals surface area contributed by atoms with Crippen LogP contribution in [0.15, 0.2) is 0 Å². The maximum Gasteiger partial charge on any atom is 0.326 e. The van der Waals surface area contributed by atoms with Gasteiger partial charge in [0.2, 0.25) is 0 Å². The number of carboxylic acid groups (broad SMARTS) is 1. The highest BCUT2D eigenvalue weighted by Gasteiger charge is 2.38. The smallest absolute Gasteiger partial charge is 0.326 e. The van der Waals surface area contributed by atoms with Crippen molar-refractivity contribution in [2.75, 3.05) is 32.7 Å². The van der Waals surface area contributed by atoms with Crippen molar-refractivity contribution in [2.45, 2.75) is 45.2 Å². The molecule has 2 amide bonds. The molecule has 6 nitrogen and oxygen atoms in total. The number of hydrogen-bond donors (Lipinski definition) is 1. The summed E-state index contributed by atoms with van der Waals surface area (Å²) < 4.78 is 0. The van der Waals surface area contributed by atoms with E-state index in [2.05, 4.69) is 18.7 Å². The van der Waals surface area contributed by atoms with E-state index in [1.165, 1.54) is 4.90 Å². The zero-order chi connectivity index (χ0) is 14.7. The molecular formula is C14H25N3O3. The van der Waals surface area contributed by atoms with Crippen molar-refractivity contribution in [3.05, 3.63) is 0 Å². The van der Waals surface area contributed by atoms with Gasteiger partial charge in [0.1, 0.15) is 6.04 Å². The minimum atomic E-state index is -0.879. The first-order chi connectivity index (χ1) is 9.58. The van der Waals surface area contributed by atoms with Crippen LogP contribution in [0, 0.1) is 0 Å². The third kappa shape index (κ3) is 2.90. The number of amides is 2. The van der Waals surface area contributed by atoms with Crippen molar-refractivity contribution in [3.63, 3.8) is 0 Å². The minimum Gasteiger partial charge on any atom is -0.480 e. The summed E-state index contributed by atoms with van der Waals surface area (Å²) in [6.45, 7) is 8.29. The lowest BCUT2D eigenvalue weighted by Crippen LogP contribution is -2.48. The number of carboxylic acids is 1. The quantitative estimate of drug-likeness (QED) is 0.838. The average molecular weight is 283 g/mol. The van der Waals surface area contributed by atoms with Crippen molar-refractivity contribution >= 4 is 12.0 Å². The maximum absolute atomic E-state index is 12.5. The highest BCUT2D eigenvalue weighted by atomic mass is 16.4. The van der Waals surface area contributed by atoms with Gasteiger partial charge >= 0.3 is 12.0 Å². The van der Waals surface area contributed by atoms with Crippen LogP contribution in [0.25, 0.3) is 0 Å². The van der Waals surface area contributed by atoms with Crippen LogP contribution in [0.4, 0.5) is 4.79 Å². The van der Waals surface area contributed by atoms with Crippen LogP contribution in [0.5, 0.6) is 0 Å². The maximum atomic E-state index is 12.5. The number of likely N-dealkylation sites (N-methyl/N-ethyl adjacent to an activating group) is 1. The van der Waals surface area contributed by atoms with E-state index in [-0.39, 0.29) is 6.03 Å². The molecule has 0 aromatic carbocycles. The van der Waals surface area contributed by atoms with Crippen molar-refractivity contribution in [1.29, 1.82) is 0 Å². The average Bonchev–Trinajstić information content (AvgIpc) is 3.08. The number of hydrogen-bond acceptors (Lipinski definition) is 3. The molecule has 1 unspecified atom stereocenters. The fourth-order valence-corrected chi connectivity index (χ4v) is 3.39. The molecule has 1 N–H and O–H groups in total. The molecule has 0 spiro atoms. The second-order valence-electron chi connectivity index (χ2n) is 5.58. The first-order valence-electron chi connectivity index (χ1n) is 7.60. The molecule has 2 saturated heterocycles. The summed E-state index contributed by atoms with van der Waals surface area (Å²) in [5, 5.41) is 9.17. The van der Waals surface area contributed by atoms with Crippen molar-refractivity contribution in [2.24, 2.45) is 0 Å². The van der Waals surface area contributed by atoms with E-state index in [1.807, 2.05) is 4.90 Å². The predicted octanol–water partition coefficient (Wildman–Crippen LogP) is 1.07. The molecule has 114 valence electrons. The molecule has 0 aromatic heterocycles. The van der Waals surface area contributed by atoms with Crippen LogP contribution in [-0.4, -0.2) is 76.6 Å². The molecule has 2 aliphatic heterocycles. The Morgan fingerprint density at radius 3 is 2.50 bits per heavy atom. The zero-order valence-electron chi connectivity index (χ0n) is 12.4. The number of aliphatic carboxylic acids is 1. The number of carbonyl (C=O) groups excluding carboxylic acids is 1. The largest absolute Gasteiger partial charge is 0.480 e. The summed E-state index contributed by atoms with van der Waals surface area (Å²) >= 11 is 0. The van der Waals surface area contributed by atoms with Gasteiger partial charge in [-0.05, 0) is 32.4 Å². The molecule has 6 heteroatoms. The summed E-state index contributed by atoms with van der Waals surface area (Å²) in [5.41, 5.74) is 0. The van der Waals surface area contributed by atoms with Crippen LogP contribution in [0.2, 0.25) is 0 Å². The summed E-state index contributed by atoms with van der Waals surface area (Å²) in [5.74, 6) is -0.879. The number of urea groups is 1. The third-order valence-electron chi connectivity index (χ3n) is 4.55. The lowest BCUT2D eigenvalue weighted by atomic mass is 10.2. The fraction of sp³-hybridized carbons (Fsp3) is 0.857. The van der Waals surface area contributed by atoms with E-state index in [1.54, 1.807) is 0 Å². The Morgan fingerprint density at radius 2 is 1.90 bits per heavy atom. The minimum absolute atomic E-state index is 0.0930. The molecule has 0 bridgehead atoms. The van der Waals surface area contributed by atoms with E-state index >= 15 is 0 Å². The Kier molecular flexibility index (Phi) is 4.86. The Hall–Kier alpha value is -1.30. The van der Waals surface area contributed by atoms with Gasteiger partial charge in [-0.15, -0.1) is 0 Å². The van der Waals surface area contributed by atoms with Crippen LogP contribution >= 0.6 is 0 Å². The van der Waals surface area contributed by atoms with Gasteiger partial charge < -0.3 is 14.9 Å². The summed E-state index contributed by atoms with van der Waals surface area (Å²) in [7, 11) is 0. The first kappa shape index (κ1) is 15.1. The van der Waals surface area contributed by atoms with Crippen LogP contribution < -0.4 is 0 Å². The van der Waals surface area contributed by atoms with Crippen molar-refractivity contribution < 1.29 is 14.7 Å². The van der Waals surface area contributed by atoms with Crippen LogP contribution in [0.3, 0.4) is 0 Å². The Labute approximate surface area is 120 Å². The lowest BCUT2D eigenvalue weighted by Gasteiger charge is -2.29. The molecule has 0 aromatic rings. The standard InChI is InChI=1S/C14H25N3O3/c1-3-15(4-2)11-7-9-16(10-11)14(20)17-8-5-6-12(17)13(18)19/h11-12H,3-10H2,1-2H3,(H,18,19)/t11?,12-/m1/s1. The van der Waals surface area contributed by atoms with E-state index in [0.717, 1.165) is 39.0 Å². The van der Waals surface area contributed by atoms with Gasteiger partial charge in [0.05, 0.1) is 0 Å². The Morgan fingerprint density at radius 1 is 1.20 bits per heavy atom. The summed E-state index contributed by atoms with van der Waals surface area (Å²) in [6, 6.07) is -0.306. The Balaban J connectivity index is 1.96. The number of nitrogens with zero attached hydrogens (tertiary/aromatic N) is 3. The summed E-state index contributed by atoms with van der Waals surface area (Å²) in [4.78, 5) is 29.4. The third-order valence-corrected chi connectivity index (χ3v) is 4.55. The van der Waals surface area contributed by atoms with Crippen LogP contribution in [-0.2, 0) is 4.79 Å². The van der Waals surface area contributed by atoms with Gasteiger partial charge in [0, 0.05) is 25.7 Å². The number of carbonyl (C=O) groups is 2. The molecule has 2 fully saturated rings. The first-order valence-corrected chi connectivity index (χ1v) is 7.60. The molecule has 2 rings (SSSR count). The summed E-state index contributed by atoms with van der Waals surface area (Å²) in [6.07, 6.45) is 2.35. The highest BCUT2D eigenvalue weighted by molar-refractivity contribution is 5.83. The molecule has 2 heterocycles. The second kappa shape index (κ2) is 6.43. The van der Waals surface area contributed by atoms with Crippen molar-refractivity contribution in [1.82, 2.24) is 14.7 Å². The van der Waals surface area contributed by atoms with Gasteiger partial charge in [-0.2, -0.15) is 0 Å². The normalized spacial score (nSPS) is 26.6. The Bertz CT molecular complexity index is 371. The predicted molar refractivity (Wildman–Crippen MR) is 75.7 cm³/mol. The highest BCUT2D eigenvalue weighted by Crippen LogP contribution is 2.23. The van der Waals surface area contributed by atoms with Gasteiger partial charge in [-0.25, -0.2) is 9.59 Å². The van der Waals surface area contributed by atoms with E-state index < -0.39 is 12.0 Å². The molecule has 0 aliphatic carbocycles. The fourth-order valence-electron chi connectivity index (χ4n) is 3.39. The van der Waals surface area contributed by atoms with E-state index in [0.29, 0.717) is 19.0 Å². The molecule has 0 saturated carbocycles. The lowest BCUT2D eigenvalue weighted by molar-refractivity contribution is -0.141. The van der Waals surface area contributed by atoms with Crippen LogP contribution in [0.1, 0.15) is 33.1 Å². The SMILES string of the molecule is CCN(CC)C1CCN(C(=O)N2CCC[C@@H]2C(=O)O)C1. The number of rotatable bonds is 4. The second-order valence-corrected chi connectivity index (χ2v) is 5.58. The monoisotopic (exact) mass is 283 g/mol. The van der Waals surface area contributed by atoms with Gasteiger partial charge in [0.15, 0.2) is 0 Å². The van der Waals surface area contributed by atoms with Crippen molar-refractivity contribution in [3.8, 4) is 0 Å². The number of likely N-dealkylation sites (tertiary alicyclic amines) is 2. The zero-order valence-corrected chi connectivity index (χ0v) is 12.4. The molecular weight excluding hydrogens is 258 g/mol. The molecule has 0 radical (unpaired) electrons. The topological polar surface area (TPSA) is 64.1 Å². The van der Waals surface area contributed by atoms with E-state index in [9.17, 15) is 14.7 Å². The molecule has 2 aliphatic rings. The van der Waals surface area contributed by atoms with Gasteiger partial charge in [-0.1, -0.05) is 13.8 Å². The molecule has 2 atom stereocenters. The van der Waals surface area contributed by atoms with Gasteiger partial charge in [0.25, 0.3) is 0 Å². The molecule has 20 heavy (non-hydrogen) atoms.